The zero-order chi connectivity index (χ0) is 13.2. The summed E-state index contributed by atoms with van der Waals surface area (Å²) in [7, 11) is 0. The molecule has 2 heterocycles. The van der Waals surface area contributed by atoms with Crippen molar-refractivity contribution < 1.29 is 4.52 Å². The van der Waals surface area contributed by atoms with Crippen LogP contribution in [0.4, 0.5) is 5.82 Å². The van der Waals surface area contributed by atoms with Gasteiger partial charge in [0.25, 0.3) is 5.71 Å². The van der Waals surface area contributed by atoms with Gasteiger partial charge in [0, 0.05) is 17.1 Å². The summed E-state index contributed by atoms with van der Waals surface area (Å²) in [5, 5.41) is 8.72. The first-order chi connectivity index (χ1) is 9.29. The molecule has 0 aliphatic carbocycles. The van der Waals surface area contributed by atoms with E-state index in [1.165, 1.54) is 6.33 Å². The van der Waals surface area contributed by atoms with E-state index in [0.717, 1.165) is 23.3 Å². The predicted molar refractivity (Wildman–Crippen MR) is 74.2 cm³/mol. The number of halogens is 1. The summed E-state index contributed by atoms with van der Waals surface area (Å²) < 4.78 is 5.25. The first-order valence-corrected chi connectivity index (χ1v) is 6.27. The van der Waals surface area contributed by atoms with Crippen molar-refractivity contribution >= 4 is 28.5 Å². The van der Waals surface area contributed by atoms with Crippen molar-refractivity contribution in [2.45, 2.75) is 6.92 Å². The van der Waals surface area contributed by atoms with Gasteiger partial charge < -0.3 is 9.84 Å². The van der Waals surface area contributed by atoms with E-state index in [1.807, 2.05) is 31.2 Å². The van der Waals surface area contributed by atoms with Gasteiger partial charge in [-0.1, -0.05) is 28.9 Å². The number of rotatable bonds is 3. The monoisotopic (exact) mass is 274 g/mol. The van der Waals surface area contributed by atoms with Gasteiger partial charge in [0.2, 0.25) is 0 Å². The van der Waals surface area contributed by atoms with Crippen molar-refractivity contribution in [3.8, 4) is 11.3 Å². The van der Waals surface area contributed by atoms with Gasteiger partial charge in [-0.25, -0.2) is 4.98 Å². The van der Waals surface area contributed by atoms with Crippen molar-refractivity contribution in [3.05, 3.63) is 35.6 Å². The molecule has 0 spiro atoms. The second-order valence-electron chi connectivity index (χ2n) is 3.97. The summed E-state index contributed by atoms with van der Waals surface area (Å²) in [6.07, 6.45) is 1.46. The van der Waals surface area contributed by atoms with Crippen LogP contribution >= 0.6 is 11.6 Å². The van der Waals surface area contributed by atoms with Gasteiger partial charge in [0.1, 0.15) is 23.2 Å². The fourth-order valence-corrected chi connectivity index (χ4v) is 2.02. The zero-order valence-electron chi connectivity index (χ0n) is 10.2. The largest absolute Gasteiger partial charge is 0.370 e. The molecule has 0 amide bonds. The molecule has 0 unspecified atom stereocenters. The number of aromatic nitrogens is 3. The first kappa shape index (κ1) is 11.9. The van der Waals surface area contributed by atoms with E-state index in [1.54, 1.807) is 0 Å². The lowest BCUT2D eigenvalue weighted by atomic mass is 10.1. The summed E-state index contributed by atoms with van der Waals surface area (Å²) in [6, 6.07) is 7.41. The molecule has 3 rings (SSSR count). The number of nitrogens with zero attached hydrogens (tertiary/aromatic N) is 3. The highest BCUT2D eigenvalue weighted by molar-refractivity contribution is 6.30. The second kappa shape index (κ2) is 4.85. The molecule has 0 radical (unpaired) electrons. The van der Waals surface area contributed by atoms with E-state index >= 15 is 0 Å². The van der Waals surface area contributed by atoms with Crippen LogP contribution in [0, 0.1) is 0 Å². The van der Waals surface area contributed by atoms with Crippen molar-refractivity contribution in [3.63, 3.8) is 0 Å². The Balaban J connectivity index is 2.21. The number of hydrogen-bond acceptors (Lipinski definition) is 5. The van der Waals surface area contributed by atoms with Crippen LogP contribution in [0.25, 0.3) is 22.4 Å². The van der Waals surface area contributed by atoms with E-state index in [2.05, 4.69) is 20.4 Å². The Morgan fingerprint density at radius 2 is 2.00 bits per heavy atom. The summed E-state index contributed by atoms with van der Waals surface area (Å²) >= 11 is 5.89. The number of fused-ring (bicyclic) bond motifs is 1. The van der Waals surface area contributed by atoms with Crippen molar-refractivity contribution in [1.82, 2.24) is 15.1 Å². The normalized spacial score (nSPS) is 10.8. The van der Waals surface area contributed by atoms with Crippen LogP contribution in [0.3, 0.4) is 0 Å². The average molecular weight is 275 g/mol. The third-order valence-electron chi connectivity index (χ3n) is 2.73. The topological polar surface area (TPSA) is 63.8 Å². The van der Waals surface area contributed by atoms with Gasteiger partial charge in [-0.2, -0.15) is 4.98 Å². The van der Waals surface area contributed by atoms with Gasteiger partial charge >= 0.3 is 0 Å². The highest BCUT2D eigenvalue weighted by Gasteiger charge is 2.16. The molecule has 0 atom stereocenters. The van der Waals surface area contributed by atoms with E-state index in [4.69, 9.17) is 16.1 Å². The molecule has 19 heavy (non-hydrogen) atoms. The highest BCUT2D eigenvalue weighted by Crippen LogP contribution is 2.31. The molecule has 0 aliphatic heterocycles. The lowest BCUT2D eigenvalue weighted by molar-refractivity contribution is 0.451. The molecule has 6 heteroatoms. The standard InChI is InChI=1S/C13H11ClN4O/c1-2-15-12-10-11(8-3-5-9(14)6-4-8)18-19-13(10)17-7-16-12/h3-7H,2H2,1H3,(H,15,16,17). The van der Waals surface area contributed by atoms with Crippen LogP contribution in [-0.4, -0.2) is 21.7 Å². The molecular weight excluding hydrogens is 264 g/mol. The Morgan fingerprint density at radius 3 is 2.74 bits per heavy atom. The molecule has 0 fully saturated rings. The van der Waals surface area contributed by atoms with Crippen molar-refractivity contribution in [1.29, 1.82) is 0 Å². The molecule has 0 bridgehead atoms. The summed E-state index contributed by atoms with van der Waals surface area (Å²) in [5.41, 5.74) is 2.09. The lowest BCUT2D eigenvalue weighted by Crippen LogP contribution is -2.00. The van der Waals surface area contributed by atoms with E-state index in [0.29, 0.717) is 16.4 Å². The molecule has 0 aliphatic rings. The molecule has 1 aromatic carbocycles. The number of nitrogens with one attached hydrogen (secondary N) is 1. The quantitative estimate of drug-likeness (QED) is 0.793. The third-order valence-corrected chi connectivity index (χ3v) is 2.99. The predicted octanol–water partition coefficient (Wildman–Crippen LogP) is 3.37. The van der Waals surface area contributed by atoms with Gasteiger partial charge in [-0.3, -0.25) is 0 Å². The van der Waals surface area contributed by atoms with E-state index < -0.39 is 0 Å². The molecule has 3 aromatic rings. The maximum absolute atomic E-state index is 5.89. The van der Waals surface area contributed by atoms with Crippen LogP contribution in [0.1, 0.15) is 6.92 Å². The first-order valence-electron chi connectivity index (χ1n) is 5.89. The Hall–Kier alpha value is -2.14. The van der Waals surface area contributed by atoms with Gasteiger partial charge in [0.05, 0.1) is 0 Å². The molecule has 0 saturated heterocycles. The van der Waals surface area contributed by atoms with Crippen LogP contribution in [0.5, 0.6) is 0 Å². The Labute approximate surface area is 114 Å². The van der Waals surface area contributed by atoms with Gasteiger partial charge in [0.15, 0.2) is 0 Å². The average Bonchev–Trinajstić information content (AvgIpc) is 2.85. The minimum absolute atomic E-state index is 0.468. The van der Waals surface area contributed by atoms with Crippen LogP contribution in [0.2, 0.25) is 5.02 Å². The Kier molecular flexibility index (Phi) is 3.05. The number of benzene rings is 1. The minimum Gasteiger partial charge on any atom is -0.370 e. The van der Waals surface area contributed by atoms with Crippen molar-refractivity contribution in [2.75, 3.05) is 11.9 Å². The maximum Gasteiger partial charge on any atom is 0.263 e. The fraction of sp³-hybridized carbons (Fsp3) is 0.154. The number of hydrogen-bond donors (Lipinski definition) is 1. The molecule has 1 N–H and O–H groups in total. The summed E-state index contributed by atoms with van der Waals surface area (Å²) in [6.45, 7) is 2.76. The molecule has 2 aromatic heterocycles. The molecule has 5 nitrogen and oxygen atoms in total. The van der Waals surface area contributed by atoms with E-state index in [-0.39, 0.29) is 0 Å². The summed E-state index contributed by atoms with van der Waals surface area (Å²) in [5.74, 6) is 0.721. The van der Waals surface area contributed by atoms with Crippen LogP contribution in [-0.2, 0) is 0 Å². The third kappa shape index (κ3) is 2.13. The Bertz CT molecular complexity index is 708. The second-order valence-corrected chi connectivity index (χ2v) is 4.41. The number of anilines is 1. The summed E-state index contributed by atoms with van der Waals surface area (Å²) in [4.78, 5) is 8.31. The van der Waals surface area contributed by atoms with Crippen LogP contribution in [0.15, 0.2) is 35.1 Å². The fourth-order valence-electron chi connectivity index (χ4n) is 1.89. The van der Waals surface area contributed by atoms with Gasteiger partial charge in [-0.15, -0.1) is 0 Å². The molecular formula is C13H11ClN4O. The SMILES string of the molecule is CCNc1ncnc2onc(-c3ccc(Cl)cc3)c12. The molecule has 0 saturated carbocycles. The van der Waals surface area contributed by atoms with Crippen LogP contribution < -0.4 is 5.32 Å². The van der Waals surface area contributed by atoms with Crippen molar-refractivity contribution in [2.24, 2.45) is 0 Å². The lowest BCUT2D eigenvalue weighted by Gasteiger charge is -2.03. The molecule has 96 valence electrons. The van der Waals surface area contributed by atoms with E-state index in [9.17, 15) is 0 Å². The maximum atomic E-state index is 5.89. The highest BCUT2D eigenvalue weighted by atomic mass is 35.5. The Morgan fingerprint density at radius 1 is 1.21 bits per heavy atom. The zero-order valence-corrected chi connectivity index (χ0v) is 11.0. The van der Waals surface area contributed by atoms with Gasteiger partial charge in [-0.05, 0) is 19.1 Å². The smallest absolute Gasteiger partial charge is 0.263 e. The minimum atomic E-state index is 0.468.